The molecule has 1 N–H and O–H groups in total. The molecular weight excluding hydrogens is 394 g/mol. The molecule has 5 nitrogen and oxygen atoms in total. The Hall–Kier alpha value is -2.96. The van der Waals surface area contributed by atoms with E-state index in [1.807, 2.05) is 67.6 Å². The van der Waals surface area contributed by atoms with Crippen LogP contribution in [0, 0.1) is 0 Å². The molecule has 28 heavy (non-hydrogen) atoms. The number of carbonyl (C=O) groups is 1. The standard InChI is InChI=1S/C21H16ClN3O2S/c1-2-15-18(20(26)27)23-21(28-15)25-19(14-11-7-4-8-12-14)16(22)17(24-25)13-9-5-3-6-10-13/h3-12H,2H2,1H3,(H,26,27). The molecule has 0 fully saturated rings. The smallest absolute Gasteiger partial charge is 0.355 e. The molecule has 4 rings (SSSR count). The van der Waals surface area contributed by atoms with E-state index in [4.69, 9.17) is 16.7 Å². The van der Waals surface area contributed by atoms with Crippen LogP contribution < -0.4 is 0 Å². The molecule has 0 bridgehead atoms. The van der Waals surface area contributed by atoms with Gasteiger partial charge in [0.15, 0.2) is 5.69 Å². The van der Waals surface area contributed by atoms with Gasteiger partial charge >= 0.3 is 5.97 Å². The first kappa shape index (κ1) is 18.4. The van der Waals surface area contributed by atoms with Crippen LogP contribution in [0.1, 0.15) is 22.3 Å². The van der Waals surface area contributed by atoms with Crippen LogP contribution in [0.3, 0.4) is 0 Å². The first-order valence-corrected chi connectivity index (χ1v) is 9.92. The maximum atomic E-state index is 11.6. The van der Waals surface area contributed by atoms with E-state index in [9.17, 15) is 9.90 Å². The molecule has 140 valence electrons. The summed E-state index contributed by atoms with van der Waals surface area (Å²) in [6.45, 7) is 1.91. The molecule has 0 atom stereocenters. The molecule has 2 heterocycles. The maximum absolute atomic E-state index is 11.6. The Morgan fingerprint density at radius 1 is 1.07 bits per heavy atom. The number of hydrogen-bond acceptors (Lipinski definition) is 4. The van der Waals surface area contributed by atoms with Crippen molar-refractivity contribution in [3.8, 4) is 27.6 Å². The van der Waals surface area contributed by atoms with Crippen LogP contribution in [0.25, 0.3) is 27.6 Å². The van der Waals surface area contributed by atoms with Gasteiger partial charge in [0, 0.05) is 16.0 Å². The van der Waals surface area contributed by atoms with Gasteiger partial charge in [-0.3, -0.25) is 0 Å². The molecule has 0 spiro atoms. The predicted molar refractivity (Wildman–Crippen MR) is 111 cm³/mol. The van der Waals surface area contributed by atoms with Gasteiger partial charge in [0.25, 0.3) is 0 Å². The molecule has 0 saturated heterocycles. The average molecular weight is 410 g/mol. The predicted octanol–water partition coefficient (Wildman–Crippen LogP) is 5.58. The summed E-state index contributed by atoms with van der Waals surface area (Å²) in [5.41, 5.74) is 3.15. The number of hydrogen-bond donors (Lipinski definition) is 1. The number of carboxylic acids is 1. The van der Waals surface area contributed by atoms with E-state index < -0.39 is 5.97 Å². The molecular formula is C21H16ClN3O2S. The van der Waals surface area contributed by atoms with Crippen LogP contribution in [0.15, 0.2) is 60.7 Å². The first-order chi connectivity index (χ1) is 13.6. The highest BCUT2D eigenvalue weighted by Gasteiger charge is 2.24. The zero-order valence-corrected chi connectivity index (χ0v) is 16.5. The molecule has 0 radical (unpaired) electrons. The number of aryl methyl sites for hydroxylation is 1. The molecule has 0 amide bonds. The summed E-state index contributed by atoms with van der Waals surface area (Å²) in [7, 11) is 0. The Labute approximate surface area is 170 Å². The van der Waals surface area contributed by atoms with E-state index in [-0.39, 0.29) is 5.69 Å². The summed E-state index contributed by atoms with van der Waals surface area (Å²) >= 11 is 8.09. The van der Waals surface area contributed by atoms with E-state index in [0.717, 1.165) is 11.1 Å². The number of thiazole rings is 1. The molecule has 0 unspecified atom stereocenters. The van der Waals surface area contributed by atoms with Crippen LogP contribution >= 0.6 is 22.9 Å². The van der Waals surface area contributed by atoms with Gasteiger partial charge in [-0.1, -0.05) is 90.5 Å². The minimum absolute atomic E-state index is 0.0643. The van der Waals surface area contributed by atoms with Gasteiger partial charge in [-0.05, 0) is 6.42 Å². The number of rotatable bonds is 5. The van der Waals surface area contributed by atoms with Crippen molar-refractivity contribution < 1.29 is 9.90 Å². The van der Waals surface area contributed by atoms with E-state index in [2.05, 4.69) is 4.98 Å². The number of benzene rings is 2. The van der Waals surface area contributed by atoms with Gasteiger partial charge in [-0.15, -0.1) is 0 Å². The molecule has 7 heteroatoms. The molecule has 0 aliphatic rings. The topological polar surface area (TPSA) is 68.0 Å². The molecule has 2 aromatic heterocycles. The van der Waals surface area contributed by atoms with Gasteiger partial charge in [0.2, 0.25) is 5.13 Å². The van der Waals surface area contributed by atoms with Crippen molar-refractivity contribution in [3.63, 3.8) is 0 Å². The number of carboxylic acid groups (broad SMARTS) is 1. The van der Waals surface area contributed by atoms with E-state index in [0.29, 0.717) is 32.8 Å². The van der Waals surface area contributed by atoms with Crippen LogP contribution in [-0.2, 0) is 6.42 Å². The number of aromatic nitrogens is 3. The molecule has 2 aromatic carbocycles. The fraction of sp³-hybridized carbons (Fsp3) is 0.0952. The van der Waals surface area contributed by atoms with Crippen LogP contribution in [0.4, 0.5) is 0 Å². The normalized spacial score (nSPS) is 10.9. The Bertz CT molecular complexity index is 1140. The van der Waals surface area contributed by atoms with E-state index >= 15 is 0 Å². The van der Waals surface area contributed by atoms with Crippen LogP contribution in [0.5, 0.6) is 0 Å². The van der Waals surface area contributed by atoms with Gasteiger partial charge in [-0.25, -0.2) is 14.5 Å². The first-order valence-electron chi connectivity index (χ1n) is 8.73. The fourth-order valence-corrected chi connectivity index (χ4v) is 4.29. The van der Waals surface area contributed by atoms with Crippen molar-refractivity contribution in [2.24, 2.45) is 0 Å². The van der Waals surface area contributed by atoms with Crippen molar-refractivity contribution in [3.05, 3.63) is 76.3 Å². The van der Waals surface area contributed by atoms with Gasteiger partial charge in [0.1, 0.15) is 5.69 Å². The Morgan fingerprint density at radius 3 is 2.21 bits per heavy atom. The van der Waals surface area contributed by atoms with E-state index in [1.165, 1.54) is 11.3 Å². The van der Waals surface area contributed by atoms with E-state index in [1.54, 1.807) is 4.68 Å². The second kappa shape index (κ2) is 7.58. The Balaban J connectivity index is 1.98. The lowest BCUT2D eigenvalue weighted by Gasteiger charge is -2.04. The van der Waals surface area contributed by atoms with Crippen molar-refractivity contribution in [2.45, 2.75) is 13.3 Å². The third-order valence-electron chi connectivity index (χ3n) is 4.31. The average Bonchev–Trinajstić information content (AvgIpc) is 3.30. The minimum Gasteiger partial charge on any atom is -0.476 e. The summed E-state index contributed by atoms with van der Waals surface area (Å²) in [5.74, 6) is -1.04. The lowest BCUT2D eigenvalue weighted by Crippen LogP contribution is -2.03. The lowest BCUT2D eigenvalue weighted by molar-refractivity contribution is 0.0690. The van der Waals surface area contributed by atoms with Crippen molar-refractivity contribution in [2.75, 3.05) is 0 Å². The quantitative estimate of drug-likeness (QED) is 0.467. The number of nitrogens with zero attached hydrogens (tertiary/aromatic N) is 3. The third kappa shape index (κ3) is 3.21. The van der Waals surface area contributed by atoms with Gasteiger partial charge < -0.3 is 5.11 Å². The Kier molecular flexibility index (Phi) is 4.98. The summed E-state index contributed by atoms with van der Waals surface area (Å²) in [6.07, 6.45) is 0.584. The molecule has 0 aliphatic heterocycles. The van der Waals surface area contributed by atoms with Gasteiger partial charge in [-0.2, -0.15) is 5.10 Å². The van der Waals surface area contributed by atoms with Crippen LogP contribution in [-0.4, -0.2) is 25.8 Å². The molecule has 0 saturated carbocycles. The largest absolute Gasteiger partial charge is 0.476 e. The monoisotopic (exact) mass is 409 g/mol. The highest BCUT2D eigenvalue weighted by Crippen LogP contribution is 2.38. The zero-order chi connectivity index (χ0) is 19.7. The van der Waals surface area contributed by atoms with Crippen molar-refractivity contribution in [1.29, 1.82) is 0 Å². The molecule has 0 aliphatic carbocycles. The third-order valence-corrected chi connectivity index (χ3v) is 5.85. The lowest BCUT2D eigenvalue weighted by atomic mass is 10.1. The fourth-order valence-electron chi connectivity index (χ4n) is 3.00. The summed E-state index contributed by atoms with van der Waals surface area (Å²) in [4.78, 5) is 16.6. The summed E-state index contributed by atoms with van der Waals surface area (Å²) in [5, 5.41) is 15.2. The molecule has 4 aromatic rings. The summed E-state index contributed by atoms with van der Waals surface area (Å²) in [6, 6.07) is 19.3. The zero-order valence-electron chi connectivity index (χ0n) is 15.0. The minimum atomic E-state index is -1.04. The second-order valence-corrected chi connectivity index (χ2v) is 7.52. The second-order valence-electron chi connectivity index (χ2n) is 6.08. The highest BCUT2D eigenvalue weighted by molar-refractivity contribution is 7.14. The summed E-state index contributed by atoms with van der Waals surface area (Å²) < 4.78 is 1.65. The van der Waals surface area contributed by atoms with Crippen molar-refractivity contribution >= 4 is 28.9 Å². The van der Waals surface area contributed by atoms with Crippen LogP contribution in [0.2, 0.25) is 5.02 Å². The Morgan fingerprint density at radius 2 is 1.68 bits per heavy atom. The number of aromatic carboxylic acids is 1. The van der Waals surface area contributed by atoms with Crippen molar-refractivity contribution in [1.82, 2.24) is 14.8 Å². The van der Waals surface area contributed by atoms with Gasteiger partial charge in [0.05, 0.1) is 10.7 Å². The number of halogens is 1. The SMILES string of the molecule is CCc1sc(-n2nc(-c3ccccc3)c(Cl)c2-c2ccccc2)nc1C(=O)O. The maximum Gasteiger partial charge on any atom is 0.355 e. The highest BCUT2D eigenvalue weighted by atomic mass is 35.5.